The molecule has 110 valence electrons. The van der Waals surface area contributed by atoms with E-state index in [9.17, 15) is 9.59 Å². The molecule has 1 rings (SSSR count). The molecule has 0 aliphatic heterocycles. The molecule has 0 radical (unpaired) electrons. The Morgan fingerprint density at radius 3 is 2.25 bits per heavy atom. The van der Waals surface area contributed by atoms with Crippen molar-refractivity contribution in [3.63, 3.8) is 0 Å². The molecule has 2 N–H and O–H groups in total. The fourth-order valence-electron chi connectivity index (χ4n) is 1.82. The maximum atomic E-state index is 12.1. The van der Waals surface area contributed by atoms with E-state index in [-0.39, 0.29) is 5.92 Å². The lowest BCUT2D eigenvalue weighted by Crippen LogP contribution is -2.47. The molecular formula is C15H22N2O3. The average molecular weight is 278 g/mol. The van der Waals surface area contributed by atoms with Gasteiger partial charge in [0.05, 0.1) is 0 Å². The monoisotopic (exact) mass is 278 g/mol. The Bertz CT molecular complexity index is 469. The molecule has 1 aromatic rings. The molecular weight excluding hydrogens is 256 g/mol. The number of nitrogens with zero attached hydrogens (tertiary/aromatic N) is 1. The molecule has 5 heteroatoms. The molecule has 0 bridgehead atoms. The first kappa shape index (κ1) is 16.0. The highest BCUT2D eigenvalue weighted by molar-refractivity contribution is 5.93. The van der Waals surface area contributed by atoms with Crippen LogP contribution in [0.3, 0.4) is 0 Å². The van der Waals surface area contributed by atoms with Crippen molar-refractivity contribution in [1.82, 2.24) is 5.32 Å². The Balaban J connectivity index is 2.73. The van der Waals surface area contributed by atoms with Gasteiger partial charge < -0.3 is 10.4 Å². The van der Waals surface area contributed by atoms with Crippen molar-refractivity contribution in [2.45, 2.75) is 33.2 Å². The minimum absolute atomic E-state index is 0.195. The van der Waals surface area contributed by atoms with Gasteiger partial charge in [-0.1, -0.05) is 31.5 Å². The third-order valence-electron chi connectivity index (χ3n) is 3.03. The number of nitrogens with one attached hydrogen (secondary N) is 1. The molecule has 0 spiro atoms. The number of hydrogen-bond acceptors (Lipinski definition) is 2. The van der Waals surface area contributed by atoms with Gasteiger partial charge in [0.25, 0.3) is 0 Å². The normalized spacial score (nSPS) is 12.1. The zero-order valence-electron chi connectivity index (χ0n) is 12.4. The van der Waals surface area contributed by atoms with Crippen LogP contribution in [-0.2, 0) is 4.79 Å². The maximum Gasteiger partial charge on any atom is 0.326 e. The van der Waals surface area contributed by atoms with E-state index in [4.69, 9.17) is 5.11 Å². The number of amides is 2. The van der Waals surface area contributed by atoms with Crippen LogP contribution in [0, 0.1) is 12.8 Å². The molecule has 20 heavy (non-hydrogen) atoms. The van der Waals surface area contributed by atoms with Crippen LogP contribution in [0.25, 0.3) is 0 Å². The number of benzene rings is 1. The minimum Gasteiger partial charge on any atom is -0.480 e. The summed E-state index contributed by atoms with van der Waals surface area (Å²) in [6.45, 7) is 5.81. The van der Waals surface area contributed by atoms with E-state index in [1.54, 1.807) is 7.05 Å². The third-order valence-corrected chi connectivity index (χ3v) is 3.03. The van der Waals surface area contributed by atoms with Gasteiger partial charge in [0.2, 0.25) is 0 Å². The van der Waals surface area contributed by atoms with Gasteiger partial charge in [-0.15, -0.1) is 0 Å². The standard InChI is InChI=1S/C15H22N2O3/c1-10(2)9-13(14(18)19)16-15(20)17(4)12-7-5-11(3)6-8-12/h5-8,10,13H,9H2,1-4H3,(H,16,20)(H,18,19). The van der Waals surface area contributed by atoms with Crippen LogP contribution in [0.2, 0.25) is 0 Å². The predicted molar refractivity (Wildman–Crippen MR) is 79.0 cm³/mol. The number of carboxylic acids is 1. The molecule has 0 saturated heterocycles. The summed E-state index contributed by atoms with van der Waals surface area (Å²) in [6.07, 6.45) is 0.406. The summed E-state index contributed by atoms with van der Waals surface area (Å²) in [5.74, 6) is -0.814. The van der Waals surface area contributed by atoms with Gasteiger partial charge in [0.1, 0.15) is 6.04 Å². The Hall–Kier alpha value is -2.04. The quantitative estimate of drug-likeness (QED) is 0.870. The number of carbonyl (C=O) groups excluding carboxylic acids is 1. The summed E-state index contributed by atoms with van der Waals surface area (Å²) in [4.78, 5) is 24.6. The van der Waals surface area contributed by atoms with Gasteiger partial charge in [-0.3, -0.25) is 4.90 Å². The number of urea groups is 1. The molecule has 0 aliphatic rings. The maximum absolute atomic E-state index is 12.1. The molecule has 5 nitrogen and oxygen atoms in total. The lowest BCUT2D eigenvalue weighted by molar-refractivity contribution is -0.139. The highest BCUT2D eigenvalue weighted by Gasteiger charge is 2.23. The number of aryl methyl sites for hydroxylation is 1. The van der Waals surface area contributed by atoms with Gasteiger partial charge in [-0.25, -0.2) is 9.59 Å². The van der Waals surface area contributed by atoms with Crippen molar-refractivity contribution < 1.29 is 14.7 Å². The second-order valence-corrected chi connectivity index (χ2v) is 5.36. The third kappa shape index (κ3) is 4.57. The molecule has 1 unspecified atom stereocenters. The van der Waals surface area contributed by atoms with E-state index in [2.05, 4.69) is 5.32 Å². The highest BCUT2D eigenvalue weighted by Crippen LogP contribution is 2.14. The Morgan fingerprint density at radius 1 is 1.25 bits per heavy atom. The fourth-order valence-corrected chi connectivity index (χ4v) is 1.82. The van der Waals surface area contributed by atoms with Crippen molar-refractivity contribution in [3.05, 3.63) is 29.8 Å². The fraction of sp³-hybridized carbons (Fsp3) is 0.467. The predicted octanol–water partition coefficient (Wildman–Crippen LogP) is 2.64. The molecule has 0 fully saturated rings. The number of carboxylic acid groups (broad SMARTS) is 1. The summed E-state index contributed by atoms with van der Waals surface area (Å²) < 4.78 is 0. The summed E-state index contributed by atoms with van der Waals surface area (Å²) in [5, 5.41) is 11.7. The first-order chi connectivity index (χ1) is 9.31. The number of rotatable bonds is 5. The largest absolute Gasteiger partial charge is 0.480 e. The van der Waals surface area contributed by atoms with Crippen molar-refractivity contribution >= 4 is 17.7 Å². The molecule has 1 atom stereocenters. The molecule has 1 aromatic carbocycles. The number of hydrogen-bond donors (Lipinski definition) is 2. The smallest absolute Gasteiger partial charge is 0.326 e. The van der Waals surface area contributed by atoms with Gasteiger partial charge in [0, 0.05) is 12.7 Å². The zero-order valence-corrected chi connectivity index (χ0v) is 12.4. The Morgan fingerprint density at radius 2 is 1.80 bits per heavy atom. The van der Waals surface area contributed by atoms with Crippen LogP contribution in [0.1, 0.15) is 25.8 Å². The number of aliphatic carboxylic acids is 1. The topological polar surface area (TPSA) is 69.6 Å². The lowest BCUT2D eigenvalue weighted by atomic mass is 10.0. The van der Waals surface area contributed by atoms with Gasteiger partial charge in [0.15, 0.2) is 0 Å². The van der Waals surface area contributed by atoms with E-state index in [1.807, 2.05) is 45.0 Å². The van der Waals surface area contributed by atoms with Crippen LogP contribution < -0.4 is 10.2 Å². The summed E-state index contributed by atoms with van der Waals surface area (Å²) >= 11 is 0. The molecule has 2 amide bonds. The van der Waals surface area contributed by atoms with Gasteiger partial charge in [-0.05, 0) is 31.4 Å². The number of carbonyl (C=O) groups is 2. The van der Waals surface area contributed by atoms with E-state index >= 15 is 0 Å². The van der Waals surface area contributed by atoms with E-state index in [0.29, 0.717) is 6.42 Å². The zero-order chi connectivity index (χ0) is 15.3. The van der Waals surface area contributed by atoms with Crippen molar-refractivity contribution in [2.75, 3.05) is 11.9 Å². The second kappa shape index (κ2) is 6.93. The van der Waals surface area contributed by atoms with Gasteiger partial charge in [-0.2, -0.15) is 0 Å². The molecule has 0 saturated carbocycles. The first-order valence-electron chi connectivity index (χ1n) is 6.65. The Kier molecular flexibility index (Phi) is 5.55. The molecule has 0 aliphatic carbocycles. The lowest BCUT2D eigenvalue weighted by Gasteiger charge is -2.22. The SMILES string of the molecule is Cc1ccc(N(C)C(=O)NC(CC(C)C)C(=O)O)cc1. The van der Waals surface area contributed by atoms with E-state index in [0.717, 1.165) is 11.3 Å². The minimum atomic E-state index is -1.01. The van der Waals surface area contributed by atoms with Crippen LogP contribution in [0.4, 0.5) is 10.5 Å². The van der Waals surface area contributed by atoms with Crippen molar-refractivity contribution in [2.24, 2.45) is 5.92 Å². The van der Waals surface area contributed by atoms with Crippen molar-refractivity contribution in [1.29, 1.82) is 0 Å². The average Bonchev–Trinajstić information content (AvgIpc) is 2.37. The molecule has 0 heterocycles. The summed E-state index contributed by atoms with van der Waals surface area (Å²) in [5.41, 5.74) is 1.83. The van der Waals surface area contributed by atoms with Crippen LogP contribution in [0.15, 0.2) is 24.3 Å². The van der Waals surface area contributed by atoms with Gasteiger partial charge >= 0.3 is 12.0 Å². The number of anilines is 1. The summed E-state index contributed by atoms with van der Waals surface area (Å²) in [7, 11) is 1.62. The highest BCUT2D eigenvalue weighted by atomic mass is 16.4. The second-order valence-electron chi connectivity index (χ2n) is 5.36. The van der Waals surface area contributed by atoms with E-state index in [1.165, 1.54) is 4.90 Å². The first-order valence-corrected chi connectivity index (χ1v) is 6.65. The molecule has 0 aromatic heterocycles. The van der Waals surface area contributed by atoms with E-state index < -0.39 is 18.0 Å². The van der Waals surface area contributed by atoms with Crippen molar-refractivity contribution in [3.8, 4) is 0 Å². The Labute approximate surface area is 119 Å². The van der Waals surface area contributed by atoms with Crippen LogP contribution in [0.5, 0.6) is 0 Å². The summed E-state index contributed by atoms with van der Waals surface area (Å²) in [6, 6.07) is 6.18. The van der Waals surface area contributed by atoms with Crippen LogP contribution >= 0.6 is 0 Å². The van der Waals surface area contributed by atoms with Crippen LogP contribution in [-0.4, -0.2) is 30.2 Å².